The van der Waals surface area contributed by atoms with Crippen LogP contribution in [0.15, 0.2) is 47.9 Å². The van der Waals surface area contributed by atoms with Gasteiger partial charge in [-0.1, -0.05) is 23.8 Å². The number of benzene rings is 2. The number of hydrogen-bond acceptors (Lipinski definition) is 4. The van der Waals surface area contributed by atoms with E-state index in [9.17, 15) is 13.2 Å². The second-order valence-corrected chi connectivity index (χ2v) is 10.0. The number of anilines is 2. The van der Waals surface area contributed by atoms with Crippen molar-refractivity contribution in [3.8, 4) is 5.75 Å². The van der Waals surface area contributed by atoms with E-state index in [-0.39, 0.29) is 17.4 Å². The Morgan fingerprint density at radius 1 is 1.17 bits per heavy atom. The highest BCUT2D eigenvalue weighted by Gasteiger charge is 2.37. The number of fused-ring (bicyclic) bond motifs is 1. The van der Waals surface area contributed by atoms with Crippen molar-refractivity contribution in [1.29, 1.82) is 0 Å². The Morgan fingerprint density at radius 3 is 2.40 bits per heavy atom. The second kappa shape index (κ2) is 7.80. The summed E-state index contributed by atoms with van der Waals surface area (Å²) in [6, 6.07) is 8.66. The molecule has 30 heavy (non-hydrogen) atoms. The number of aryl methyl sites for hydroxylation is 3. The first-order chi connectivity index (χ1) is 14.0. The van der Waals surface area contributed by atoms with E-state index in [0.717, 1.165) is 5.56 Å². The highest BCUT2D eigenvalue weighted by molar-refractivity contribution is 7.92. The van der Waals surface area contributed by atoms with E-state index >= 15 is 0 Å². The molecule has 1 aliphatic heterocycles. The Labute approximate surface area is 178 Å². The van der Waals surface area contributed by atoms with E-state index in [1.807, 2.05) is 32.9 Å². The van der Waals surface area contributed by atoms with Gasteiger partial charge in [0.1, 0.15) is 12.4 Å². The largest absolute Gasteiger partial charge is 0.490 e. The minimum atomic E-state index is -3.81. The normalized spacial score (nSPS) is 15.8. The molecule has 2 aromatic rings. The van der Waals surface area contributed by atoms with Crippen LogP contribution in [0.1, 0.15) is 30.5 Å². The van der Waals surface area contributed by atoms with Crippen molar-refractivity contribution < 1.29 is 17.9 Å². The molecule has 7 heteroatoms. The number of nitrogens with one attached hydrogen (secondary N) is 1. The van der Waals surface area contributed by atoms with Crippen LogP contribution in [0.4, 0.5) is 11.4 Å². The van der Waals surface area contributed by atoms with Gasteiger partial charge < -0.3 is 9.64 Å². The standard InChI is InChI=1S/C23H28N2O4S/c1-7-10-25-19-13-18(8-9-20(19)29-14-23(5,6)22(25)26)24-30(27,28)21-16(3)11-15(2)12-17(21)4/h7-9,11-13,24H,1,10,14H2,2-6H3. The van der Waals surface area contributed by atoms with E-state index in [1.54, 1.807) is 43.0 Å². The minimum absolute atomic E-state index is 0.105. The summed E-state index contributed by atoms with van der Waals surface area (Å²) in [5.74, 6) is 0.424. The second-order valence-electron chi connectivity index (χ2n) is 8.39. The minimum Gasteiger partial charge on any atom is -0.490 e. The van der Waals surface area contributed by atoms with Crippen molar-refractivity contribution in [3.63, 3.8) is 0 Å². The summed E-state index contributed by atoms with van der Waals surface area (Å²) in [7, 11) is -3.81. The zero-order valence-electron chi connectivity index (χ0n) is 18.1. The van der Waals surface area contributed by atoms with Crippen LogP contribution in [0, 0.1) is 26.2 Å². The average Bonchev–Trinajstić information content (AvgIpc) is 2.71. The number of carbonyl (C=O) groups excluding carboxylic acids is 1. The van der Waals surface area contributed by atoms with Gasteiger partial charge in [0.2, 0.25) is 5.91 Å². The molecule has 1 aliphatic rings. The first kappa shape index (κ1) is 21.9. The molecule has 0 unspecified atom stereocenters. The highest BCUT2D eigenvalue weighted by atomic mass is 32.2. The maximum absolute atomic E-state index is 13.1. The lowest BCUT2D eigenvalue weighted by Gasteiger charge is -2.27. The number of amides is 1. The molecule has 0 aromatic heterocycles. The summed E-state index contributed by atoms with van der Waals surface area (Å²) < 4.78 is 34.8. The summed E-state index contributed by atoms with van der Waals surface area (Å²) in [6.07, 6.45) is 1.64. The summed E-state index contributed by atoms with van der Waals surface area (Å²) in [6.45, 7) is 13.4. The molecule has 0 saturated carbocycles. The van der Waals surface area contributed by atoms with Gasteiger partial charge in [0, 0.05) is 6.54 Å². The van der Waals surface area contributed by atoms with Gasteiger partial charge in [0.15, 0.2) is 0 Å². The fourth-order valence-corrected chi connectivity index (χ4v) is 5.32. The monoisotopic (exact) mass is 428 g/mol. The van der Waals surface area contributed by atoms with E-state index in [0.29, 0.717) is 34.8 Å². The SMILES string of the molecule is C=CCN1C(=O)C(C)(C)COc2ccc(NS(=O)(=O)c3c(C)cc(C)cc3C)cc21. The van der Waals surface area contributed by atoms with E-state index in [2.05, 4.69) is 11.3 Å². The Hall–Kier alpha value is -2.80. The van der Waals surface area contributed by atoms with Gasteiger partial charge in [-0.3, -0.25) is 9.52 Å². The lowest BCUT2D eigenvalue weighted by atomic mass is 9.93. The third-order valence-corrected chi connectivity index (χ3v) is 6.79. The van der Waals surface area contributed by atoms with Gasteiger partial charge in [-0.05, 0) is 63.9 Å². The molecule has 6 nitrogen and oxygen atoms in total. The Balaban J connectivity index is 2.04. The maximum atomic E-state index is 13.1. The quantitative estimate of drug-likeness (QED) is 0.719. The lowest BCUT2D eigenvalue weighted by molar-refractivity contribution is -0.127. The highest BCUT2D eigenvalue weighted by Crippen LogP contribution is 2.38. The topological polar surface area (TPSA) is 75.7 Å². The van der Waals surface area contributed by atoms with Crippen LogP contribution in [0.5, 0.6) is 5.75 Å². The van der Waals surface area contributed by atoms with E-state index < -0.39 is 15.4 Å². The Kier molecular flexibility index (Phi) is 5.69. The number of ether oxygens (including phenoxy) is 1. The van der Waals surface area contributed by atoms with Crippen LogP contribution < -0.4 is 14.4 Å². The number of nitrogens with zero attached hydrogens (tertiary/aromatic N) is 1. The van der Waals surface area contributed by atoms with E-state index in [1.165, 1.54) is 0 Å². The van der Waals surface area contributed by atoms with Crippen LogP contribution in [-0.2, 0) is 14.8 Å². The van der Waals surface area contributed by atoms with Crippen molar-refractivity contribution in [3.05, 3.63) is 59.7 Å². The molecule has 0 spiro atoms. The molecular weight excluding hydrogens is 400 g/mol. The molecule has 0 bridgehead atoms. The molecule has 0 fully saturated rings. The average molecular weight is 429 g/mol. The van der Waals surface area contributed by atoms with Crippen molar-refractivity contribution in [1.82, 2.24) is 0 Å². The fourth-order valence-electron chi connectivity index (χ4n) is 3.82. The third kappa shape index (κ3) is 4.07. The summed E-state index contributed by atoms with van der Waals surface area (Å²) in [5.41, 5.74) is 2.54. The van der Waals surface area contributed by atoms with Crippen LogP contribution in [0.25, 0.3) is 0 Å². The van der Waals surface area contributed by atoms with Crippen molar-refractivity contribution >= 4 is 27.3 Å². The van der Waals surface area contributed by atoms with Crippen molar-refractivity contribution in [2.75, 3.05) is 22.8 Å². The van der Waals surface area contributed by atoms with Crippen LogP contribution >= 0.6 is 0 Å². The number of hydrogen-bond donors (Lipinski definition) is 1. The predicted octanol–water partition coefficient (Wildman–Crippen LogP) is 4.35. The molecule has 1 heterocycles. The molecule has 3 rings (SSSR count). The molecule has 1 amide bonds. The molecule has 0 aliphatic carbocycles. The van der Waals surface area contributed by atoms with Crippen LogP contribution in [0.2, 0.25) is 0 Å². The van der Waals surface area contributed by atoms with Gasteiger partial charge >= 0.3 is 0 Å². The number of rotatable bonds is 5. The van der Waals surface area contributed by atoms with Gasteiger partial charge in [0.25, 0.3) is 10.0 Å². The van der Waals surface area contributed by atoms with Crippen molar-refractivity contribution in [2.24, 2.45) is 5.41 Å². The van der Waals surface area contributed by atoms with Crippen molar-refractivity contribution in [2.45, 2.75) is 39.5 Å². The predicted molar refractivity (Wildman–Crippen MR) is 120 cm³/mol. The zero-order valence-corrected chi connectivity index (χ0v) is 18.9. The Bertz CT molecular complexity index is 1100. The molecule has 2 aromatic carbocycles. The summed E-state index contributed by atoms with van der Waals surface area (Å²) >= 11 is 0. The summed E-state index contributed by atoms with van der Waals surface area (Å²) in [5, 5.41) is 0. The van der Waals surface area contributed by atoms with Gasteiger partial charge in [0.05, 0.1) is 21.7 Å². The number of sulfonamides is 1. The maximum Gasteiger partial charge on any atom is 0.262 e. The molecule has 1 N–H and O–H groups in total. The van der Waals surface area contributed by atoms with Crippen LogP contribution in [0.3, 0.4) is 0 Å². The Morgan fingerprint density at radius 2 is 1.80 bits per heavy atom. The first-order valence-corrected chi connectivity index (χ1v) is 11.2. The molecule has 0 radical (unpaired) electrons. The van der Waals surface area contributed by atoms with Crippen LogP contribution in [-0.4, -0.2) is 27.5 Å². The molecular formula is C23H28N2O4S. The van der Waals surface area contributed by atoms with Gasteiger partial charge in [-0.25, -0.2) is 8.42 Å². The number of carbonyl (C=O) groups is 1. The fraction of sp³-hybridized carbons (Fsp3) is 0.348. The van der Waals surface area contributed by atoms with Gasteiger partial charge in [-0.2, -0.15) is 0 Å². The lowest BCUT2D eigenvalue weighted by Crippen LogP contribution is -2.42. The molecule has 160 valence electrons. The zero-order chi connectivity index (χ0) is 22.3. The van der Waals surface area contributed by atoms with E-state index in [4.69, 9.17) is 4.74 Å². The molecule has 0 saturated heterocycles. The summed E-state index contributed by atoms with van der Waals surface area (Å²) in [4.78, 5) is 14.9. The smallest absolute Gasteiger partial charge is 0.262 e. The first-order valence-electron chi connectivity index (χ1n) is 9.76. The molecule has 0 atom stereocenters. The third-order valence-electron chi connectivity index (χ3n) is 5.10. The van der Waals surface area contributed by atoms with Gasteiger partial charge in [-0.15, -0.1) is 6.58 Å².